The fourth-order valence-electron chi connectivity index (χ4n) is 1.64. The van der Waals surface area contributed by atoms with E-state index in [4.69, 9.17) is 0 Å². The Morgan fingerprint density at radius 1 is 1.40 bits per heavy atom. The van der Waals surface area contributed by atoms with Crippen LogP contribution in [0.1, 0.15) is 46.5 Å². The van der Waals surface area contributed by atoms with Gasteiger partial charge in [-0.2, -0.15) is 0 Å². The fourth-order valence-corrected chi connectivity index (χ4v) is 1.64. The molecule has 10 heavy (non-hydrogen) atoms. The van der Waals surface area contributed by atoms with Crippen LogP contribution in [-0.4, -0.2) is 0 Å². The Morgan fingerprint density at radius 2 is 2.10 bits per heavy atom. The van der Waals surface area contributed by atoms with E-state index < -0.39 is 0 Å². The summed E-state index contributed by atoms with van der Waals surface area (Å²) in [6.45, 7) is 7.09. The molecule has 1 aliphatic rings. The lowest BCUT2D eigenvalue weighted by molar-refractivity contribution is 0.334. The Kier molecular flexibility index (Phi) is 2.38. The van der Waals surface area contributed by atoms with Gasteiger partial charge in [0.05, 0.1) is 0 Å². The zero-order valence-electron chi connectivity index (χ0n) is 7.48. The first-order chi connectivity index (χ1) is 4.60. The van der Waals surface area contributed by atoms with E-state index in [0.717, 1.165) is 5.92 Å². The Morgan fingerprint density at radius 3 is 2.80 bits per heavy atom. The van der Waals surface area contributed by atoms with E-state index in [1.54, 1.807) is 0 Å². The highest BCUT2D eigenvalue weighted by atomic mass is 14.3. The van der Waals surface area contributed by atoms with Crippen molar-refractivity contribution in [1.82, 2.24) is 0 Å². The zero-order valence-corrected chi connectivity index (χ0v) is 7.48. The minimum absolute atomic E-state index is 0.588. The fraction of sp³-hybridized carbons (Fsp3) is 0.900. The van der Waals surface area contributed by atoms with Crippen molar-refractivity contribution in [1.29, 1.82) is 0 Å². The topological polar surface area (TPSA) is 0 Å². The standard InChI is InChI=1S/C10H19/c1-9-5-4-7-10(2,3)8-6-9/h6,9H,4-5,7-8H2,1-3H3. The Hall–Kier alpha value is 0. The Labute approximate surface area is 65.0 Å². The third-order valence-electron chi connectivity index (χ3n) is 2.59. The van der Waals surface area contributed by atoms with Crippen molar-refractivity contribution in [2.75, 3.05) is 0 Å². The molecule has 1 atom stereocenters. The van der Waals surface area contributed by atoms with Gasteiger partial charge in [-0.05, 0) is 30.6 Å². The molecule has 1 radical (unpaired) electrons. The monoisotopic (exact) mass is 139 g/mol. The summed E-state index contributed by atoms with van der Waals surface area (Å²) in [6, 6.07) is 0. The molecule has 1 saturated carbocycles. The molecule has 0 aromatic heterocycles. The van der Waals surface area contributed by atoms with Crippen LogP contribution in [0, 0.1) is 17.8 Å². The molecular weight excluding hydrogens is 120 g/mol. The van der Waals surface area contributed by atoms with Crippen LogP contribution in [0.5, 0.6) is 0 Å². The molecule has 0 aromatic rings. The lowest BCUT2D eigenvalue weighted by Gasteiger charge is -2.21. The van der Waals surface area contributed by atoms with E-state index in [0.29, 0.717) is 5.41 Å². The van der Waals surface area contributed by atoms with Crippen molar-refractivity contribution in [3.63, 3.8) is 0 Å². The first kappa shape index (κ1) is 8.10. The second kappa shape index (κ2) is 2.94. The maximum atomic E-state index is 2.49. The predicted octanol–water partition coefficient (Wildman–Crippen LogP) is 3.43. The van der Waals surface area contributed by atoms with Crippen LogP contribution >= 0.6 is 0 Å². The van der Waals surface area contributed by atoms with Crippen LogP contribution < -0.4 is 0 Å². The summed E-state index contributed by atoms with van der Waals surface area (Å²) in [5.41, 5.74) is 0.588. The van der Waals surface area contributed by atoms with E-state index in [2.05, 4.69) is 27.2 Å². The van der Waals surface area contributed by atoms with Crippen molar-refractivity contribution in [3.8, 4) is 0 Å². The lowest BCUT2D eigenvalue weighted by Crippen LogP contribution is -2.09. The van der Waals surface area contributed by atoms with Crippen LogP contribution in [0.15, 0.2) is 0 Å². The minimum atomic E-state index is 0.588. The third-order valence-corrected chi connectivity index (χ3v) is 2.59. The van der Waals surface area contributed by atoms with E-state index in [1.807, 2.05) is 0 Å². The molecule has 0 amide bonds. The van der Waals surface area contributed by atoms with Gasteiger partial charge >= 0.3 is 0 Å². The highest BCUT2D eigenvalue weighted by Gasteiger charge is 2.22. The summed E-state index contributed by atoms with van der Waals surface area (Å²) in [4.78, 5) is 0. The normalized spacial score (nSPS) is 33.3. The van der Waals surface area contributed by atoms with E-state index in [9.17, 15) is 0 Å². The molecule has 0 aliphatic heterocycles. The first-order valence-corrected chi connectivity index (χ1v) is 4.43. The SMILES string of the molecule is CC1[CH]CC(C)(C)CCC1. The van der Waals surface area contributed by atoms with Crippen molar-refractivity contribution >= 4 is 0 Å². The van der Waals surface area contributed by atoms with E-state index >= 15 is 0 Å². The summed E-state index contributed by atoms with van der Waals surface area (Å²) < 4.78 is 0. The summed E-state index contributed by atoms with van der Waals surface area (Å²) in [5.74, 6) is 0.863. The van der Waals surface area contributed by atoms with Gasteiger partial charge < -0.3 is 0 Å². The quantitative estimate of drug-likeness (QED) is 0.451. The average molecular weight is 139 g/mol. The molecule has 0 spiro atoms. The molecule has 0 heteroatoms. The summed E-state index contributed by atoms with van der Waals surface area (Å²) in [5, 5.41) is 0. The van der Waals surface area contributed by atoms with Crippen molar-refractivity contribution in [3.05, 3.63) is 6.42 Å². The molecule has 1 rings (SSSR count). The molecule has 0 nitrogen and oxygen atoms in total. The smallest absolute Gasteiger partial charge is 0.0351 e. The van der Waals surface area contributed by atoms with Gasteiger partial charge in [0.1, 0.15) is 0 Å². The number of rotatable bonds is 0. The maximum Gasteiger partial charge on any atom is -0.0351 e. The van der Waals surface area contributed by atoms with Gasteiger partial charge in [0, 0.05) is 0 Å². The van der Waals surface area contributed by atoms with Crippen LogP contribution in [0.2, 0.25) is 0 Å². The van der Waals surface area contributed by atoms with Gasteiger partial charge in [0.25, 0.3) is 0 Å². The van der Waals surface area contributed by atoms with Crippen molar-refractivity contribution in [2.24, 2.45) is 11.3 Å². The van der Waals surface area contributed by atoms with Gasteiger partial charge in [-0.3, -0.25) is 0 Å². The summed E-state index contributed by atoms with van der Waals surface area (Å²) >= 11 is 0. The molecule has 1 fully saturated rings. The van der Waals surface area contributed by atoms with Crippen molar-refractivity contribution in [2.45, 2.75) is 46.5 Å². The zero-order chi connectivity index (χ0) is 7.61. The van der Waals surface area contributed by atoms with Gasteiger partial charge in [-0.1, -0.05) is 33.6 Å². The largest absolute Gasteiger partial charge is 0.0622 e. The van der Waals surface area contributed by atoms with Crippen LogP contribution in [0.25, 0.3) is 0 Å². The summed E-state index contributed by atoms with van der Waals surface area (Å²) in [6.07, 6.45) is 8.04. The molecule has 0 saturated heterocycles. The van der Waals surface area contributed by atoms with Crippen LogP contribution in [-0.2, 0) is 0 Å². The number of hydrogen-bond acceptors (Lipinski definition) is 0. The Balaban J connectivity index is 2.41. The number of hydrogen-bond donors (Lipinski definition) is 0. The van der Waals surface area contributed by atoms with Crippen molar-refractivity contribution < 1.29 is 0 Å². The third kappa shape index (κ3) is 2.32. The highest BCUT2D eigenvalue weighted by Crippen LogP contribution is 2.35. The van der Waals surface area contributed by atoms with Crippen LogP contribution in [0.4, 0.5) is 0 Å². The lowest BCUT2D eigenvalue weighted by atomic mass is 9.85. The van der Waals surface area contributed by atoms with Gasteiger partial charge in [0.2, 0.25) is 0 Å². The van der Waals surface area contributed by atoms with Gasteiger partial charge in [-0.25, -0.2) is 0 Å². The molecule has 0 heterocycles. The molecule has 0 bridgehead atoms. The van der Waals surface area contributed by atoms with Crippen LogP contribution in [0.3, 0.4) is 0 Å². The maximum absolute atomic E-state index is 2.49. The van der Waals surface area contributed by atoms with E-state index in [-0.39, 0.29) is 0 Å². The molecule has 0 aromatic carbocycles. The molecule has 0 N–H and O–H groups in total. The summed E-state index contributed by atoms with van der Waals surface area (Å²) in [7, 11) is 0. The first-order valence-electron chi connectivity index (χ1n) is 4.43. The average Bonchev–Trinajstić information content (AvgIpc) is 1.94. The molecule has 59 valence electrons. The second-order valence-electron chi connectivity index (χ2n) is 4.47. The molecular formula is C10H19. The van der Waals surface area contributed by atoms with Gasteiger partial charge in [0.15, 0.2) is 0 Å². The molecule has 1 unspecified atom stereocenters. The minimum Gasteiger partial charge on any atom is -0.0622 e. The van der Waals surface area contributed by atoms with Gasteiger partial charge in [-0.15, -0.1) is 0 Å². The highest BCUT2D eigenvalue weighted by molar-refractivity contribution is 4.85. The van der Waals surface area contributed by atoms with E-state index in [1.165, 1.54) is 25.7 Å². The predicted molar refractivity (Wildman–Crippen MR) is 45.7 cm³/mol. The molecule has 1 aliphatic carbocycles. The Bertz CT molecular complexity index is 103. The second-order valence-corrected chi connectivity index (χ2v) is 4.47.